The number of hydrogen-bond donors (Lipinski definition) is 2. The van der Waals surface area contributed by atoms with Crippen LogP contribution in [-0.4, -0.2) is 76.2 Å². The van der Waals surface area contributed by atoms with Crippen molar-refractivity contribution in [3.63, 3.8) is 0 Å². The minimum absolute atomic E-state index is 0.0123. The Kier molecular flexibility index (Phi) is 9.25. The Morgan fingerprint density at radius 3 is 2.27 bits per heavy atom. The Hall–Kier alpha value is -2.01. The summed E-state index contributed by atoms with van der Waals surface area (Å²) in [6, 6.07) is 7.14. The Bertz CT molecular complexity index is 881. The summed E-state index contributed by atoms with van der Waals surface area (Å²) in [5, 5.41) is 2.93. The van der Waals surface area contributed by atoms with Crippen LogP contribution in [0.15, 0.2) is 35.2 Å². The molecule has 33 heavy (non-hydrogen) atoms. The molecule has 0 aliphatic carbocycles. The lowest BCUT2D eigenvalue weighted by atomic mass is 10.00. The van der Waals surface area contributed by atoms with Gasteiger partial charge in [0.2, 0.25) is 21.8 Å². The lowest BCUT2D eigenvalue weighted by molar-refractivity contribution is -0.143. The van der Waals surface area contributed by atoms with E-state index in [1.54, 1.807) is 18.2 Å². The monoisotopic (exact) mass is 481 g/mol. The molecule has 3 atom stereocenters. The third kappa shape index (κ3) is 7.23. The summed E-state index contributed by atoms with van der Waals surface area (Å²) < 4.78 is 38.9. The molecule has 3 rings (SSSR count). The summed E-state index contributed by atoms with van der Waals surface area (Å²) in [5.74, 6) is -0.903. The number of hydrogen-bond acceptors (Lipinski definition) is 6. The van der Waals surface area contributed by atoms with E-state index < -0.39 is 28.5 Å². The van der Waals surface area contributed by atoms with Crippen LogP contribution in [0.1, 0.15) is 39.5 Å². The fourth-order valence-electron chi connectivity index (χ4n) is 4.25. The van der Waals surface area contributed by atoms with E-state index in [1.165, 1.54) is 17.0 Å². The lowest BCUT2D eigenvalue weighted by Crippen LogP contribution is -2.56. The normalized spacial score (nSPS) is 21.8. The molecule has 0 radical (unpaired) electrons. The van der Waals surface area contributed by atoms with E-state index in [4.69, 9.17) is 9.47 Å². The molecule has 0 bridgehead atoms. The Morgan fingerprint density at radius 1 is 1.06 bits per heavy atom. The fraction of sp³-hybridized carbons (Fsp3) is 0.652. The van der Waals surface area contributed by atoms with Gasteiger partial charge in [-0.3, -0.25) is 9.59 Å². The van der Waals surface area contributed by atoms with E-state index in [0.29, 0.717) is 19.8 Å². The number of ether oxygens (including phenoxy) is 2. The van der Waals surface area contributed by atoms with Gasteiger partial charge in [-0.15, -0.1) is 0 Å². The largest absolute Gasteiger partial charge is 0.376 e. The van der Waals surface area contributed by atoms with Gasteiger partial charge >= 0.3 is 0 Å². The van der Waals surface area contributed by atoms with Crippen LogP contribution in [0.25, 0.3) is 0 Å². The van der Waals surface area contributed by atoms with E-state index >= 15 is 0 Å². The van der Waals surface area contributed by atoms with Crippen molar-refractivity contribution >= 4 is 21.8 Å². The van der Waals surface area contributed by atoms with E-state index in [1.807, 2.05) is 13.8 Å². The van der Waals surface area contributed by atoms with Crippen molar-refractivity contribution in [3.05, 3.63) is 30.3 Å². The van der Waals surface area contributed by atoms with Crippen LogP contribution in [0.3, 0.4) is 0 Å². The molecule has 2 heterocycles. The lowest BCUT2D eigenvalue weighted by Gasteiger charge is -2.35. The predicted octanol–water partition coefficient (Wildman–Crippen LogP) is 1.29. The molecule has 10 heteroatoms. The highest BCUT2D eigenvalue weighted by molar-refractivity contribution is 7.89. The molecule has 2 saturated heterocycles. The summed E-state index contributed by atoms with van der Waals surface area (Å²) in [4.78, 5) is 28.0. The third-order valence-electron chi connectivity index (χ3n) is 5.98. The maximum atomic E-state index is 13.3. The zero-order valence-electron chi connectivity index (χ0n) is 19.4. The van der Waals surface area contributed by atoms with Crippen LogP contribution in [0.2, 0.25) is 0 Å². The van der Waals surface area contributed by atoms with Gasteiger partial charge in [0.1, 0.15) is 6.04 Å². The van der Waals surface area contributed by atoms with Gasteiger partial charge in [-0.1, -0.05) is 32.0 Å². The molecule has 2 fully saturated rings. The molecule has 0 unspecified atom stereocenters. The summed E-state index contributed by atoms with van der Waals surface area (Å²) in [5.41, 5.74) is 0. The highest BCUT2D eigenvalue weighted by Gasteiger charge is 2.35. The van der Waals surface area contributed by atoms with Gasteiger partial charge in [0.05, 0.1) is 23.6 Å². The first-order valence-corrected chi connectivity index (χ1v) is 13.1. The molecule has 0 aromatic heterocycles. The number of nitrogens with one attached hydrogen (secondary N) is 2. The van der Waals surface area contributed by atoms with Gasteiger partial charge in [0.25, 0.3) is 0 Å². The molecule has 2 aliphatic rings. The van der Waals surface area contributed by atoms with Crippen molar-refractivity contribution < 1.29 is 27.5 Å². The van der Waals surface area contributed by atoms with Crippen LogP contribution >= 0.6 is 0 Å². The maximum absolute atomic E-state index is 13.3. The average Bonchev–Trinajstić information content (AvgIpc) is 3.50. The molecular weight excluding hydrogens is 446 g/mol. The predicted molar refractivity (Wildman–Crippen MR) is 123 cm³/mol. The van der Waals surface area contributed by atoms with E-state index in [-0.39, 0.29) is 35.5 Å². The summed E-state index contributed by atoms with van der Waals surface area (Å²) in [6.07, 6.45) is 3.37. The zero-order valence-corrected chi connectivity index (χ0v) is 20.2. The summed E-state index contributed by atoms with van der Waals surface area (Å²) in [7, 11) is -3.85. The number of amides is 2. The van der Waals surface area contributed by atoms with Gasteiger partial charge in [0.15, 0.2) is 0 Å². The average molecular weight is 482 g/mol. The number of rotatable bonds is 11. The topological polar surface area (TPSA) is 114 Å². The number of benzene rings is 1. The van der Waals surface area contributed by atoms with Crippen molar-refractivity contribution in [2.45, 2.75) is 62.7 Å². The van der Waals surface area contributed by atoms with Crippen LogP contribution in [-0.2, 0) is 29.1 Å². The van der Waals surface area contributed by atoms with E-state index in [2.05, 4.69) is 10.0 Å². The molecule has 2 amide bonds. The first-order chi connectivity index (χ1) is 15.8. The quantitative estimate of drug-likeness (QED) is 0.492. The number of carbonyl (C=O) groups is 2. The second-order valence-electron chi connectivity index (χ2n) is 8.89. The molecule has 0 spiro atoms. The van der Waals surface area contributed by atoms with Crippen molar-refractivity contribution in [2.24, 2.45) is 5.92 Å². The van der Waals surface area contributed by atoms with Crippen molar-refractivity contribution in [3.8, 4) is 0 Å². The second-order valence-corrected chi connectivity index (χ2v) is 10.7. The standard InChI is InChI=1S/C23H35N3O6S/c1-17(2)22(23(28)24-14-18-8-6-12-31-18)26(16-19-9-7-13-32-19)21(27)15-25-33(29,30)20-10-4-3-5-11-20/h3-5,10-11,17-19,22,25H,6-9,12-16H2,1-2H3,(H,24,28)/t18-,19-,22+/m0/s1. The van der Waals surface area contributed by atoms with Gasteiger partial charge in [0, 0.05) is 26.3 Å². The minimum atomic E-state index is -3.85. The van der Waals surface area contributed by atoms with E-state index in [9.17, 15) is 18.0 Å². The first-order valence-electron chi connectivity index (χ1n) is 11.6. The van der Waals surface area contributed by atoms with Gasteiger partial charge < -0.3 is 19.7 Å². The molecule has 1 aromatic rings. The SMILES string of the molecule is CC(C)[C@H](C(=O)NC[C@@H]1CCCO1)N(C[C@@H]1CCCO1)C(=O)CNS(=O)(=O)c1ccccc1. The molecule has 0 saturated carbocycles. The van der Waals surface area contributed by atoms with Gasteiger partial charge in [-0.25, -0.2) is 13.1 Å². The summed E-state index contributed by atoms with van der Waals surface area (Å²) >= 11 is 0. The van der Waals surface area contributed by atoms with Crippen molar-refractivity contribution in [2.75, 3.05) is 32.8 Å². The minimum Gasteiger partial charge on any atom is -0.376 e. The molecule has 1 aromatic carbocycles. The molecule has 2 N–H and O–H groups in total. The second kappa shape index (κ2) is 11.9. The number of sulfonamides is 1. The number of nitrogens with zero attached hydrogens (tertiary/aromatic N) is 1. The maximum Gasteiger partial charge on any atom is 0.243 e. The Balaban J connectivity index is 1.71. The highest BCUT2D eigenvalue weighted by Crippen LogP contribution is 2.19. The van der Waals surface area contributed by atoms with Gasteiger partial charge in [-0.05, 0) is 43.7 Å². The fourth-order valence-corrected chi connectivity index (χ4v) is 5.24. The molecule has 2 aliphatic heterocycles. The van der Waals surface area contributed by atoms with Crippen LogP contribution < -0.4 is 10.0 Å². The van der Waals surface area contributed by atoms with Crippen LogP contribution in [0, 0.1) is 5.92 Å². The van der Waals surface area contributed by atoms with Crippen LogP contribution in [0.5, 0.6) is 0 Å². The van der Waals surface area contributed by atoms with Crippen molar-refractivity contribution in [1.29, 1.82) is 0 Å². The van der Waals surface area contributed by atoms with Gasteiger partial charge in [-0.2, -0.15) is 0 Å². The Morgan fingerprint density at radius 2 is 1.70 bits per heavy atom. The van der Waals surface area contributed by atoms with Crippen LogP contribution in [0.4, 0.5) is 0 Å². The first kappa shape index (κ1) is 25.6. The molecular formula is C23H35N3O6S. The Labute approximate surface area is 196 Å². The van der Waals surface area contributed by atoms with E-state index in [0.717, 1.165) is 25.7 Å². The zero-order chi connectivity index (χ0) is 23.8. The number of carbonyl (C=O) groups excluding carboxylic acids is 2. The van der Waals surface area contributed by atoms with Crippen molar-refractivity contribution in [1.82, 2.24) is 14.9 Å². The third-order valence-corrected chi connectivity index (χ3v) is 7.39. The molecule has 184 valence electrons. The highest BCUT2D eigenvalue weighted by atomic mass is 32.2. The smallest absolute Gasteiger partial charge is 0.243 e. The molecule has 9 nitrogen and oxygen atoms in total. The summed E-state index contributed by atoms with van der Waals surface area (Å²) in [6.45, 7) is 5.25.